The van der Waals surface area contributed by atoms with E-state index in [1.54, 1.807) is 0 Å². The van der Waals surface area contributed by atoms with E-state index in [2.05, 4.69) is 13.8 Å². The highest BCUT2D eigenvalue weighted by Gasteiger charge is 2.01. The largest absolute Gasteiger partial charge is 0.300 e. The molecule has 0 saturated carbocycles. The average molecular weight is 297 g/mol. The lowest BCUT2D eigenvalue weighted by atomic mass is 10.0. The van der Waals surface area contributed by atoms with Crippen LogP contribution in [0.5, 0.6) is 0 Å². The van der Waals surface area contributed by atoms with Crippen molar-refractivity contribution in [1.82, 2.24) is 0 Å². The molecule has 0 rings (SSSR count). The van der Waals surface area contributed by atoms with Gasteiger partial charge in [0.1, 0.15) is 5.78 Å². The van der Waals surface area contributed by atoms with Crippen LogP contribution in [-0.2, 0) is 4.79 Å². The molecule has 0 unspecified atom stereocenters. The van der Waals surface area contributed by atoms with Crippen molar-refractivity contribution >= 4 is 5.78 Å². The Balaban J connectivity index is 3.09. The summed E-state index contributed by atoms with van der Waals surface area (Å²) in [5.74, 6) is 0.502. The Morgan fingerprint density at radius 1 is 0.476 bits per heavy atom. The predicted octanol–water partition coefficient (Wildman–Crippen LogP) is 7.23. The lowest BCUT2D eigenvalue weighted by Gasteiger charge is -2.03. The zero-order valence-corrected chi connectivity index (χ0v) is 14.9. The third-order valence-corrected chi connectivity index (χ3v) is 4.37. The number of hydrogen-bond donors (Lipinski definition) is 0. The summed E-state index contributed by atoms with van der Waals surface area (Å²) in [6.45, 7) is 4.49. The van der Waals surface area contributed by atoms with E-state index in [9.17, 15) is 4.79 Å². The van der Waals surface area contributed by atoms with E-state index in [0.717, 1.165) is 25.7 Å². The number of carbonyl (C=O) groups is 1. The van der Waals surface area contributed by atoms with Crippen molar-refractivity contribution in [2.45, 2.75) is 123 Å². The summed E-state index contributed by atoms with van der Waals surface area (Å²) in [6, 6.07) is 0. The highest BCUT2D eigenvalue weighted by atomic mass is 16.1. The molecule has 0 aromatic carbocycles. The van der Waals surface area contributed by atoms with Crippen LogP contribution in [0.1, 0.15) is 123 Å². The molecule has 0 amide bonds. The SMILES string of the molecule is CCCCCCCCCCCCCC(=O)CCCCCC. The van der Waals surface area contributed by atoms with E-state index in [1.165, 1.54) is 83.5 Å². The van der Waals surface area contributed by atoms with Crippen LogP contribution in [0.4, 0.5) is 0 Å². The van der Waals surface area contributed by atoms with E-state index in [4.69, 9.17) is 0 Å². The highest BCUT2D eigenvalue weighted by Crippen LogP contribution is 2.13. The Morgan fingerprint density at radius 3 is 1.14 bits per heavy atom. The molecular weight excluding hydrogens is 256 g/mol. The van der Waals surface area contributed by atoms with Gasteiger partial charge in [-0.25, -0.2) is 0 Å². The fourth-order valence-electron chi connectivity index (χ4n) is 2.86. The van der Waals surface area contributed by atoms with Gasteiger partial charge in [-0.15, -0.1) is 0 Å². The van der Waals surface area contributed by atoms with Gasteiger partial charge in [-0.3, -0.25) is 4.79 Å². The van der Waals surface area contributed by atoms with Crippen molar-refractivity contribution < 1.29 is 4.79 Å². The summed E-state index contributed by atoms with van der Waals surface area (Å²) in [5.41, 5.74) is 0. The molecule has 0 radical (unpaired) electrons. The molecule has 21 heavy (non-hydrogen) atoms. The average Bonchev–Trinajstić information content (AvgIpc) is 2.49. The maximum absolute atomic E-state index is 11.7. The minimum atomic E-state index is 0.502. The number of Topliss-reactive ketones (excluding diaryl/α,β-unsaturated/α-hetero) is 1. The molecule has 0 atom stereocenters. The van der Waals surface area contributed by atoms with Crippen LogP contribution in [0, 0.1) is 0 Å². The first kappa shape index (κ1) is 20.7. The van der Waals surface area contributed by atoms with Crippen LogP contribution < -0.4 is 0 Å². The van der Waals surface area contributed by atoms with Crippen LogP contribution in [0.25, 0.3) is 0 Å². The molecule has 1 nitrogen and oxygen atoms in total. The van der Waals surface area contributed by atoms with Gasteiger partial charge >= 0.3 is 0 Å². The van der Waals surface area contributed by atoms with Crippen molar-refractivity contribution in [3.63, 3.8) is 0 Å². The van der Waals surface area contributed by atoms with Gasteiger partial charge in [0.25, 0.3) is 0 Å². The first-order valence-corrected chi connectivity index (χ1v) is 9.83. The molecule has 0 bridgehead atoms. The summed E-state index contributed by atoms with van der Waals surface area (Å²) in [7, 11) is 0. The van der Waals surface area contributed by atoms with Crippen LogP contribution in [-0.4, -0.2) is 5.78 Å². The van der Waals surface area contributed by atoms with Gasteiger partial charge in [0.05, 0.1) is 0 Å². The zero-order chi connectivity index (χ0) is 15.6. The molecule has 0 aromatic heterocycles. The molecule has 0 spiro atoms. The number of rotatable bonds is 17. The van der Waals surface area contributed by atoms with E-state index < -0.39 is 0 Å². The van der Waals surface area contributed by atoms with Crippen molar-refractivity contribution in [1.29, 1.82) is 0 Å². The summed E-state index contributed by atoms with van der Waals surface area (Å²) >= 11 is 0. The molecular formula is C20H40O. The van der Waals surface area contributed by atoms with Crippen molar-refractivity contribution in [3.8, 4) is 0 Å². The molecule has 0 aliphatic heterocycles. The molecule has 0 aromatic rings. The Labute approximate surface area is 134 Å². The smallest absolute Gasteiger partial charge is 0.132 e. The molecule has 0 aliphatic rings. The van der Waals surface area contributed by atoms with E-state index >= 15 is 0 Å². The predicted molar refractivity (Wildman–Crippen MR) is 94.8 cm³/mol. The van der Waals surface area contributed by atoms with Gasteiger partial charge in [-0.2, -0.15) is 0 Å². The number of ketones is 1. The van der Waals surface area contributed by atoms with Crippen LogP contribution in [0.3, 0.4) is 0 Å². The first-order chi connectivity index (χ1) is 10.3. The minimum Gasteiger partial charge on any atom is -0.300 e. The fraction of sp³-hybridized carbons (Fsp3) is 0.950. The van der Waals surface area contributed by atoms with E-state index in [0.29, 0.717) is 5.78 Å². The monoisotopic (exact) mass is 296 g/mol. The Bertz CT molecular complexity index is 210. The molecule has 0 heterocycles. The highest BCUT2D eigenvalue weighted by molar-refractivity contribution is 5.78. The van der Waals surface area contributed by atoms with Crippen LogP contribution in [0.2, 0.25) is 0 Å². The maximum Gasteiger partial charge on any atom is 0.132 e. The lowest BCUT2D eigenvalue weighted by molar-refractivity contribution is -0.119. The summed E-state index contributed by atoms with van der Waals surface area (Å²) in [6.07, 6.45) is 21.5. The van der Waals surface area contributed by atoms with Crippen molar-refractivity contribution in [2.24, 2.45) is 0 Å². The third kappa shape index (κ3) is 17.6. The van der Waals surface area contributed by atoms with E-state index in [1.807, 2.05) is 0 Å². The summed E-state index contributed by atoms with van der Waals surface area (Å²) < 4.78 is 0. The number of hydrogen-bond acceptors (Lipinski definition) is 1. The summed E-state index contributed by atoms with van der Waals surface area (Å²) in [5, 5.41) is 0. The molecule has 1 heteroatoms. The van der Waals surface area contributed by atoms with Gasteiger partial charge in [0, 0.05) is 12.8 Å². The van der Waals surface area contributed by atoms with Gasteiger partial charge < -0.3 is 0 Å². The minimum absolute atomic E-state index is 0.502. The van der Waals surface area contributed by atoms with Crippen LogP contribution >= 0.6 is 0 Å². The molecule has 0 N–H and O–H groups in total. The van der Waals surface area contributed by atoms with Gasteiger partial charge in [0.15, 0.2) is 0 Å². The second kappa shape index (κ2) is 17.7. The van der Waals surface area contributed by atoms with Crippen molar-refractivity contribution in [3.05, 3.63) is 0 Å². The number of unbranched alkanes of at least 4 members (excludes halogenated alkanes) is 13. The lowest BCUT2D eigenvalue weighted by Crippen LogP contribution is -1.97. The molecule has 0 fully saturated rings. The molecule has 0 aliphatic carbocycles. The standard InChI is InChI=1S/C20H40O/c1-3-5-7-9-10-11-12-13-14-15-17-19-20(21)18-16-8-6-4-2/h3-19H2,1-2H3. The number of carbonyl (C=O) groups excluding carboxylic acids is 1. The van der Waals surface area contributed by atoms with Gasteiger partial charge in [-0.1, -0.05) is 97.3 Å². The fourth-order valence-corrected chi connectivity index (χ4v) is 2.86. The zero-order valence-electron chi connectivity index (χ0n) is 14.9. The maximum atomic E-state index is 11.7. The Morgan fingerprint density at radius 2 is 0.762 bits per heavy atom. The quantitative estimate of drug-likeness (QED) is 0.259. The molecule has 0 saturated heterocycles. The van der Waals surface area contributed by atoms with Crippen LogP contribution in [0.15, 0.2) is 0 Å². The van der Waals surface area contributed by atoms with Gasteiger partial charge in [0.2, 0.25) is 0 Å². The molecule has 126 valence electrons. The topological polar surface area (TPSA) is 17.1 Å². The Hall–Kier alpha value is -0.330. The van der Waals surface area contributed by atoms with Crippen molar-refractivity contribution in [2.75, 3.05) is 0 Å². The summed E-state index contributed by atoms with van der Waals surface area (Å²) in [4.78, 5) is 11.7. The van der Waals surface area contributed by atoms with Gasteiger partial charge in [-0.05, 0) is 12.8 Å². The normalized spacial score (nSPS) is 11.0. The second-order valence-electron chi connectivity index (χ2n) is 6.63. The Kier molecular flexibility index (Phi) is 17.4. The second-order valence-corrected chi connectivity index (χ2v) is 6.63. The first-order valence-electron chi connectivity index (χ1n) is 9.83. The third-order valence-electron chi connectivity index (χ3n) is 4.37. The van der Waals surface area contributed by atoms with E-state index in [-0.39, 0.29) is 0 Å².